The Balaban J connectivity index is 1.83. The highest BCUT2D eigenvalue weighted by atomic mass is 32.1. The molecule has 4 rings (SSSR count). The van der Waals surface area contributed by atoms with Gasteiger partial charge < -0.3 is 9.47 Å². The maximum absolute atomic E-state index is 13.4. The minimum absolute atomic E-state index is 0.235. The molecule has 1 heterocycles. The number of hydrogen-bond acceptors (Lipinski definition) is 3. The Kier molecular flexibility index (Phi) is 5.13. The van der Waals surface area contributed by atoms with Crippen LogP contribution in [-0.4, -0.2) is 14.2 Å². The molecule has 0 radical (unpaired) electrons. The second-order valence-corrected chi connectivity index (χ2v) is 7.37. The van der Waals surface area contributed by atoms with E-state index in [-0.39, 0.29) is 5.82 Å². The van der Waals surface area contributed by atoms with Gasteiger partial charge in [0.05, 0.1) is 14.2 Å². The lowest BCUT2D eigenvalue weighted by atomic mass is 10.0. The predicted molar refractivity (Wildman–Crippen MR) is 114 cm³/mol. The van der Waals surface area contributed by atoms with Gasteiger partial charge in [-0.3, -0.25) is 0 Å². The van der Waals surface area contributed by atoms with Crippen molar-refractivity contribution in [2.75, 3.05) is 14.2 Å². The molecule has 0 saturated carbocycles. The number of halogens is 1. The van der Waals surface area contributed by atoms with Crippen molar-refractivity contribution in [3.05, 3.63) is 84.7 Å². The minimum atomic E-state index is -0.235. The molecule has 28 heavy (non-hydrogen) atoms. The molecule has 0 saturated heterocycles. The molecule has 2 nitrogen and oxygen atoms in total. The van der Waals surface area contributed by atoms with Gasteiger partial charge >= 0.3 is 0 Å². The molecule has 4 aromatic rings. The third-order valence-electron chi connectivity index (χ3n) is 4.61. The van der Waals surface area contributed by atoms with Crippen molar-refractivity contribution in [1.29, 1.82) is 0 Å². The van der Waals surface area contributed by atoms with E-state index in [4.69, 9.17) is 9.47 Å². The zero-order valence-corrected chi connectivity index (χ0v) is 16.4. The maximum atomic E-state index is 13.4. The first kappa shape index (κ1) is 18.3. The second kappa shape index (κ2) is 7.87. The van der Waals surface area contributed by atoms with Crippen molar-refractivity contribution in [2.45, 2.75) is 0 Å². The molecular weight excluding hydrogens is 371 g/mol. The van der Waals surface area contributed by atoms with Crippen LogP contribution >= 0.6 is 11.3 Å². The first-order valence-corrected chi connectivity index (χ1v) is 9.68. The van der Waals surface area contributed by atoms with E-state index in [1.807, 2.05) is 48.5 Å². The van der Waals surface area contributed by atoms with Gasteiger partial charge in [-0.25, -0.2) is 4.39 Å². The Labute approximate surface area is 167 Å². The number of thiophene rings is 1. The van der Waals surface area contributed by atoms with E-state index in [0.29, 0.717) is 0 Å². The van der Waals surface area contributed by atoms with Gasteiger partial charge in [-0.15, -0.1) is 11.3 Å². The van der Waals surface area contributed by atoms with Crippen LogP contribution in [0.25, 0.3) is 32.0 Å². The van der Waals surface area contributed by atoms with Crippen molar-refractivity contribution >= 4 is 11.3 Å². The fourth-order valence-corrected chi connectivity index (χ4v) is 4.28. The monoisotopic (exact) mass is 390 g/mol. The zero-order valence-electron chi connectivity index (χ0n) is 15.6. The van der Waals surface area contributed by atoms with Gasteiger partial charge in [-0.1, -0.05) is 24.3 Å². The van der Waals surface area contributed by atoms with Crippen LogP contribution in [0.3, 0.4) is 0 Å². The first-order valence-electron chi connectivity index (χ1n) is 8.86. The fraction of sp³-hybridized carbons (Fsp3) is 0.0833. The Morgan fingerprint density at radius 3 is 1.68 bits per heavy atom. The van der Waals surface area contributed by atoms with Crippen molar-refractivity contribution in [1.82, 2.24) is 0 Å². The van der Waals surface area contributed by atoms with Crippen LogP contribution in [0, 0.1) is 5.82 Å². The number of ether oxygens (including phenoxy) is 2. The van der Waals surface area contributed by atoms with Crippen molar-refractivity contribution in [3.8, 4) is 43.5 Å². The topological polar surface area (TPSA) is 18.5 Å². The normalized spacial score (nSPS) is 10.7. The molecule has 0 unspecified atom stereocenters. The maximum Gasteiger partial charge on any atom is 0.123 e. The number of rotatable bonds is 5. The van der Waals surface area contributed by atoms with Gasteiger partial charge in [0.2, 0.25) is 0 Å². The third-order valence-corrected chi connectivity index (χ3v) is 5.85. The average molecular weight is 390 g/mol. The molecule has 0 aliphatic carbocycles. The van der Waals surface area contributed by atoms with Gasteiger partial charge in [-0.2, -0.15) is 0 Å². The fourth-order valence-electron chi connectivity index (χ4n) is 3.09. The van der Waals surface area contributed by atoms with E-state index in [1.165, 1.54) is 12.1 Å². The standard InChI is InChI=1S/C24H19FO2S/c1-26-20-11-5-16(6-12-20)22-15-23(17-7-13-21(27-2)14-8-17)28-24(22)18-3-9-19(25)10-4-18/h3-15H,1-2H3. The van der Waals surface area contributed by atoms with Crippen LogP contribution in [0.5, 0.6) is 11.5 Å². The molecule has 0 amide bonds. The van der Waals surface area contributed by atoms with Crippen LogP contribution in [0.15, 0.2) is 78.9 Å². The molecule has 0 spiro atoms. The predicted octanol–water partition coefficient (Wildman–Crippen LogP) is 6.91. The Morgan fingerprint density at radius 2 is 1.14 bits per heavy atom. The summed E-state index contributed by atoms with van der Waals surface area (Å²) in [7, 11) is 3.32. The summed E-state index contributed by atoms with van der Waals surface area (Å²) in [5.74, 6) is 1.41. The summed E-state index contributed by atoms with van der Waals surface area (Å²) in [6.45, 7) is 0. The molecule has 0 aliphatic rings. The largest absolute Gasteiger partial charge is 0.497 e. The molecule has 0 bridgehead atoms. The van der Waals surface area contributed by atoms with Crippen molar-refractivity contribution in [3.63, 3.8) is 0 Å². The molecule has 4 heteroatoms. The van der Waals surface area contributed by atoms with E-state index in [1.54, 1.807) is 25.6 Å². The van der Waals surface area contributed by atoms with Gasteiger partial charge in [0.1, 0.15) is 17.3 Å². The van der Waals surface area contributed by atoms with E-state index in [9.17, 15) is 4.39 Å². The summed E-state index contributed by atoms with van der Waals surface area (Å²) < 4.78 is 24.0. The lowest BCUT2D eigenvalue weighted by molar-refractivity contribution is 0.415. The number of benzene rings is 3. The van der Waals surface area contributed by atoms with Crippen molar-refractivity contribution < 1.29 is 13.9 Å². The first-order chi connectivity index (χ1) is 13.7. The molecule has 0 aliphatic heterocycles. The average Bonchev–Trinajstić information content (AvgIpc) is 3.20. The number of hydrogen-bond donors (Lipinski definition) is 0. The molecule has 0 N–H and O–H groups in total. The summed E-state index contributed by atoms with van der Waals surface area (Å²) in [4.78, 5) is 2.25. The minimum Gasteiger partial charge on any atom is -0.497 e. The molecular formula is C24H19FO2S. The Bertz CT molecular complexity index is 1070. The van der Waals surface area contributed by atoms with Gasteiger partial charge in [0, 0.05) is 15.3 Å². The lowest BCUT2D eigenvalue weighted by Gasteiger charge is -2.06. The third kappa shape index (κ3) is 3.64. The van der Waals surface area contributed by atoms with Gasteiger partial charge in [0.15, 0.2) is 0 Å². The van der Waals surface area contributed by atoms with E-state index >= 15 is 0 Å². The van der Waals surface area contributed by atoms with E-state index in [2.05, 4.69) is 18.2 Å². The molecule has 140 valence electrons. The highest BCUT2D eigenvalue weighted by Gasteiger charge is 2.14. The van der Waals surface area contributed by atoms with Crippen molar-refractivity contribution in [2.24, 2.45) is 0 Å². The zero-order chi connectivity index (χ0) is 19.5. The second-order valence-electron chi connectivity index (χ2n) is 6.32. The summed E-state index contributed by atoms with van der Waals surface area (Å²) in [6.07, 6.45) is 0. The quantitative estimate of drug-likeness (QED) is 0.369. The van der Waals surface area contributed by atoms with Gasteiger partial charge in [0.25, 0.3) is 0 Å². The van der Waals surface area contributed by atoms with Crippen LogP contribution in [0.4, 0.5) is 4.39 Å². The molecule has 0 atom stereocenters. The van der Waals surface area contributed by atoms with Crippen LogP contribution in [0.2, 0.25) is 0 Å². The molecule has 3 aromatic carbocycles. The van der Waals surface area contributed by atoms with Crippen LogP contribution in [-0.2, 0) is 0 Å². The molecule has 0 fully saturated rings. The Morgan fingerprint density at radius 1 is 0.643 bits per heavy atom. The van der Waals surface area contributed by atoms with Gasteiger partial charge in [-0.05, 0) is 71.3 Å². The van der Waals surface area contributed by atoms with Crippen LogP contribution < -0.4 is 9.47 Å². The van der Waals surface area contributed by atoms with Crippen LogP contribution in [0.1, 0.15) is 0 Å². The van der Waals surface area contributed by atoms with E-state index < -0.39 is 0 Å². The highest BCUT2D eigenvalue weighted by Crippen LogP contribution is 2.43. The summed E-state index contributed by atoms with van der Waals surface area (Å²) in [5.41, 5.74) is 4.33. The SMILES string of the molecule is COc1ccc(-c2cc(-c3ccc(OC)cc3)c(-c3ccc(F)cc3)s2)cc1. The lowest BCUT2D eigenvalue weighted by Crippen LogP contribution is -1.83. The van der Waals surface area contributed by atoms with E-state index in [0.717, 1.165) is 43.5 Å². The number of methoxy groups -OCH3 is 2. The smallest absolute Gasteiger partial charge is 0.123 e. The summed E-state index contributed by atoms with van der Waals surface area (Å²) >= 11 is 1.70. The summed E-state index contributed by atoms with van der Waals surface area (Å²) in [5, 5.41) is 0. The molecule has 1 aromatic heterocycles. The Hall–Kier alpha value is -3.11. The summed E-state index contributed by atoms with van der Waals surface area (Å²) in [6, 6.07) is 24.9. The highest BCUT2D eigenvalue weighted by molar-refractivity contribution is 7.19.